The Morgan fingerprint density at radius 1 is 1.00 bits per heavy atom. The summed E-state index contributed by atoms with van der Waals surface area (Å²) in [7, 11) is -3.71. The highest BCUT2D eigenvalue weighted by Crippen LogP contribution is 2.24. The first kappa shape index (κ1) is 18.4. The molecule has 3 aromatic carbocycles. The smallest absolute Gasteiger partial charge is 0.240 e. The number of fused-ring (bicyclic) bond motifs is 1. The molecule has 2 N–H and O–H groups in total. The van der Waals surface area contributed by atoms with E-state index in [1.54, 1.807) is 18.2 Å². The van der Waals surface area contributed by atoms with Gasteiger partial charge in [-0.1, -0.05) is 42.5 Å². The van der Waals surface area contributed by atoms with Gasteiger partial charge in [0.15, 0.2) is 0 Å². The van der Waals surface area contributed by atoms with E-state index in [-0.39, 0.29) is 11.4 Å². The molecule has 0 aliphatic rings. The second-order valence-electron chi connectivity index (χ2n) is 5.84. The lowest BCUT2D eigenvalue weighted by atomic mass is 10.0. The van der Waals surface area contributed by atoms with E-state index in [9.17, 15) is 13.5 Å². The lowest BCUT2D eigenvalue weighted by molar-refractivity contribution is 0.183. The first-order chi connectivity index (χ1) is 12.5. The molecule has 26 heavy (non-hydrogen) atoms. The number of rotatable bonds is 7. The van der Waals surface area contributed by atoms with E-state index in [4.69, 9.17) is 4.74 Å². The maximum atomic E-state index is 12.4. The van der Waals surface area contributed by atoms with E-state index in [1.807, 2.05) is 43.3 Å². The molecule has 0 bridgehead atoms. The van der Waals surface area contributed by atoms with Gasteiger partial charge in [-0.25, -0.2) is 13.1 Å². The Bertz CT molecular complexity index is 979. The molecule has 0 saturated heterocycles. The second kappa shape index (κ2) is 7.86. The monoisotopic (exact) mass is 371 g/mol. The highest BCUT2D eigenvalue weighted by atomic mass is 32.2. The van der Waals surface area contributed by atoms with Crippen molar-refractivity contribution < 1.29 is 18.3 Å². The van der Waals surface area contributed by atoms with Gasteiger partial charge in [0.1, 0.15) is 5.75 Å². The van der Waals surface area contributed by atoms with Crippen LogP contribution in [0.25, 0.3) is 10.8 Å². The quantitative estimate of drug-likeness (QED) is 0.668. The van der Waals surface area contributed by atoms with Crippen molar-refractivity contribution >= 4 is 20.8 Å². The zero-order valence-electron chi connectivity index (χ0n) is 14.4. The van der Waals surface area contributed by atoms with Crippen LogP contribution in [0.1, 0.15) is 18.6 Å². The summed E-state index contributed by atoms with van der Waals surface area (Å²) in [6.07, 6.45) is -0.946. The molecule has 5 nitrogen and oxygen atoms in total. The van der Waals surface area contributed by atoms with Gasteiger partial charge in [0.2, 0.25) is 10.0 Å². The summed E-state index contributed by atoms with van der Waals surface area (Å²) in [6.45, 7) is 2.27. The summed E-state index contributed by atoms with van der Waals surface area (Å²) >= 11 is 0. The highest BCUT2D eigenvalue weighted by molar-refractivity contribution is 7.89. The summed E-state index contributed by atoms with van der Waals surface area (Å²) in [5.74, 6) is 0.613. The zero-order valence-corrected chi connectivity index (χ0v) is 15.2. The van der Waals surface area contributed by atoms with E-state index in [1.165, 1.54) is 12.1 Å². The van der Waals surface area contributed by atoms with Crippen LogP contribution in [-0.4, -0.2) is 26.7 Å². The Morgan fingerprint density at radius 2 is 1.69 bits per heavy atom. The Morgan fingerprint density at radius 3 is 2.42 bits per heavy atom. The lowest BCUT2D eigenvalue weighted by Gasteiger charge is -2.15. The Hall–Kier alpha value is -2.41. The van der Waals surface area contributed by atoms with E-state index in [2.05, 4.69) is 4.72 Å². The third-order valence-electron chi connectivity index (χ3n) is 4.09. The Balaban J connectivity index is 1.74. The van der Waals surface area contributed by atoms with Gasteiger partial charge < -0.3 is 9.84 Å². The third-order valence-corrected chi connectivity index (χ3v) is 5.53. The number of sulfonamides is 1. The standard InChI is InChI=1S/C20H21NO4S/c1-2-25-16-10-12-17(13-11-16)26(23,24)21-14-20(22)19-9-5-7-15-6-3-4-8-18(15)19/h3-13,20-22H,2,14H2,1H3. The number of aliphatic hydroxyl groups is 1. The minimum Gasteiger partial charge on any atom is -0.494 e. The molecule has 1 unspecified atom stereocenters. The fourth-order valence-electron chi connectivity index (χ4n) is 2.80. The van der Waals surface area contributed by atoms with Crippen LogP contribution in [0, 0.1) is 0 Å². The fourth-order valence-corrected chi connectivity index (χ4v) is 3.84. The van der Waals surface area contributed by atoms with Crippen molar-refractivity contribution in [2.24, 2.45) is 0 Å². The van der Waals surface area contributed by atoms with Crippen LogP contribution >= 0.6 is 0 Å². The van der Waals surface area contributed by atoms with Crippen LogP contribution in [0.15, 0.2) is 71.6 Å². The number of aliphatic hydroxyl groups excluding tert-OH is 1. The first-order valence-corrected chi connectivity index (χ1v) is 9.88. The predicted octanol–water partition coefficient (Wildman–Crippen LogP) is 3.25. The Kier molecular flexibility index (Phi) is 5.56. The zero-order chi connectivity index (χ0) is 18.6. The molecule has 0 saturated carbocycles. The van der Waals surface area contributed by atoms with Gasteiger partial charge in [0.05, 0.1) is 17.6 Å². The molecule has 3 aromatic rings. The van der Waals surface area contributed by atoms with Crippen LogP contribution in [0.4, 0.5) is 0 Å². The van der Waals surface area contributed by atoms with Crippen molar-refractivity contribution in [3.63, 3.8) is 0 Å². The number of hydrogen-bond donors (Lipinski definition) is 2. The average molecular weight is 371 g/mol. The summed E-state index contributed by atoms with van der Waals surface area (Å²) in [4.78, 5) is 0.131. The minimum atomic E-state index is -3.71. The van der Waals surface area contributed by atoms with E-state index in [0.717, 1.165) is 10.8 Å². The second-order valence-corrected chi connectivity index (χ2v) is 7.61. The van der Waals surface area contributed by atoms with Crippen LogP contribution in [0.2, 0.25) is 0 Å². The highest BCUT2D eigenvalue weighted by Gasteiger charge is 2.18. The summed E-state index contributed by atoms with van der Waals surface area (Å²) in [6, 6.07) is 19.5. The minimum absolute atomic E-state index is 0.108. The van der Waals surface area contributed by atoms with Gasteiger partial charge in [-0.2, -0.15) is 0 Å². The fraction of sp³-hybridized carbons (Fsp3) is 0.200. The van der Waals surface area contributed by atoms with E-state index in [0.29, 0.717) is 17.9 Å². The van der Waals surface area contributed by atoms with E-state index >= 15 is 0 Å². The molecule has 3 rings (SSSR count). The summed E-state index contributed by atoms with van der Waals surface area (Å²) in [5.41, 5.74) is 0.692. The molecule has 0 spiro atoms. The average Bonchev–Trinajstić information content (AvgIpc) is 2.66. The summed E-state index contributed by atoms with van der Waals surface area (Å²) < 4.78 is 32.7. The molecule has 0 aliphatic heterocycles. The normalized spacial score (nSPS) is 12.8. The van der Waals surface area contributed by atoms with Gasteiger partial charge in [-0.05, 0) is 47.5 Å². The maximum absolute atomic E-state index is 12.4. The van der Waals surface area contributed by atoms with Crippen molar-refractivity contribution in [2.45, 2.75) is 17.9 Å². The van der Waals surface area contributed by atoms with Crippen molar-refractivity contribution in [3.05, 3.63) is 72.3 Å². The van der Waals surface area contributed by atoms with Crippen LogP contribution in [-0.2, 0) is 10.0 Å². The Labute approximate surface area is 153 Å². The SMILES string of the molecule is CCOc1ccc(S(=O)(=O)NCC(O)c2cccc3ccccc23)cc1. The molecule has 0 heterocycles. The molecular weight excluding hydrogens is 350 g/mol. The van der Waals surface area contributed by atoms with Crippen LogP contribution in [0.3, 0.4) is 0 Å². The number of nitrogens with one attached hydrogen (secondary N) is 1. The molecule has 6 heteroatoms. The molecule has 0 amide bonds. The van der Waals surface area contributed by atoms with Gasteiger partial charge >= 0.3 is 0 Å². The van der Waals surface area contributed by atoms with Crippen molar-refractivity contribution in [2.75, 3.05) is 13.2 Å². The summed E-state index contributed by atoms with van der Waals surface area (Å²) in [5, 5.41) is 12.4. The van der Waals surface area contributed by atoms with Crippen molar-refractivity contribution in [1.29, 1.82) is 0 Å². The van der Waals surface area contributed by atoms with E-state index < -0.39 is 16.1 Å². The molecule has 0 radical (unpaired) electrons. The maximum Gasteiger partial charge on any atom is 0.240 e. The van der Waals surface area contributed by atoms with Gasteiger partial charge in [0, 0.05) is 6.54 Å². The largest absolute Gasteiger partial charge is 0.494 e. The van der Waals surface area contributed by atoms with Gasteiger partial charge in [-0.15, -0.1) is 0 Å². The molecule has 1 atom stereocenters. The van der Waals surface area contributed by atoms with Crippen LogP contribution < -0.4 is 9.46 Å². The molecular formula is C20H21NO4S. The van der Waals surface area contributed by atoms with Gasteiger partial charge in [0.25, 0.3) is 0 Å². The predicted molar refractivity (Wildman–Crippen MR) is 102 cm³/mol. The number of hydrogen-bond acceptors (Lipinski definition) is 4. The van der Waals surface area contributed by atoms with Crippen molar-refractivity contribution in [1.82, 2.24) is 4.72 Å². The number of benzene rings is 3. The first-order valence-electron chi connectivity index (χ1n) is 8.39. The third kappa shape index (κ3) is 4.04. The molecule has 136 valence electrons. The van der Waals surface area contributed by atoms with Crippen molar-refractivity contribution in [3.8, 4) is 5.75 Å². The van der Waals surface area contributed by atoms with Gasteiger partial charge in [-0.3, -0.25) is 0 Å². The lowest BCUT2D eigenvalue weighted by Crippen LogP contribution is -2.28. The van der Waals surface area contributed by atoms with Crippen LogP contribution in [0.5, 0.6) is 5.75 Å². The molecule has 0 fully saturated rings. The molecule has 0 aliphatic carbocycles. The topological polar surface area (TPSA) is 75.6 Å². The number of ether oxygens (including phenoxy) is 1. The molecule has 0 aromatic heterocycles.